The Morgan fingerprint density at radius 3 is 2.62 bits per heavy atom. The van der Waals surface area contributed by atoms with Crippen LogP contribution in [-0.4, -0.2) is 18.5 Å². The molecule has 0 N–H and O–H groups in total. The molecule has 0 amide bonds. The van der Waals surface area contributed by atoms with Crippen molar-refractivity contribution < 1.29 is 9.47 Å². The fraction of sp³-hybridized carbons (Fsp3) is 1.00. The van der Waals surface area contributed by atoms with Crippen LogP contribution in [0, 0.1) is 0 Å². The first-order valence-corrected chi connectivity index (χ1v) is 5.48. The first kappa shape index (κ1) is 11.0. The molecule has 0 bridgehead atoms. The highest BCUT2D eigenvalue weighted by atomic mass is 16.7. The first-order chi connectivity index (χ1) is 6.16. The molecule has 0 saturated carbocycles. The lowest BCUT2D eigenvalue weighted by Gasteiger charge is -2.22. The summed E-state index contributed by atoms with van der Waals surface area (Å²) in [5.41, 5.74) is 0. The van der Waals surface area contributed by atoms with Gasteiger partial charge in [-0.05, 0) is 20.3 Å². The molecule has 1 rings (SSSR count). The van der Waals surface area contributed by atoms with Crippen molar-refractivity contribution in [3.05, 3.63) is 0 Å². The molecule has 2 atom stereocenters. The van der Waals surface area contributed by atoms with E-state index in [4.69, 9.17) is 9.47 Å². The maximum Gasteiger partial charge on any atom is 0.166 e. The van der Waals surface area contributed by atoms with E-state index < -0.39 is 0 Å². The van der Waals surface area contributed by atoms with Crippen LogP contribution in [0.3, 0.4) is 0 Å². The van der Waals surface area contributed by atoms with E-state index in [2.05, 4.69) is 20.8 Å². The maximum atomic E-state index is 5.71. The Bertz CT molecular complexity index is 147. The van der Waals surface area contributed by atoms with Gasteiger partial charge in [0.05, 0.1) is 12.7 Å². The normalized spacial score (nSPS) is 33.9. The van der Waals surface area contributed by atoms with Gasteiger partial charge in [-0.2, -0.15) is 0 Å². The molecule has 0 aromatic carbocycles. The maximum absolute atomic E-state index is 5.71. The first-order valence-electron chi connectivity index (χ1n) is 5.48. The van der Waals surface area contributed by atoms with E-state index in [1.807, 2.05) is 0 Å². The summed E-state index contributed by atoms with van der Waals surface area (Å²) < 4.78 is 11.3. The van der Waals surface area contributed by atoms with E-state index in [9.17, 15) is 0 Å². The van der Waals surface area contributed by atoms with E-state index in [1.54, 1.807) is 0 Å². The SMILES string of the molecule is CCCCCC[C@@]1(C)OC[C@H](C)O1. The molecule has 1 aliphatic heterocycles. The third kappa shape index (κ3) is 3.65. The molecule has 0 aromatic heterocycles. The van der Waals surface area contributed by atoms with Gasteiger partial charge >= 0.3 is 0 Å². The Labute approximate surface area is 81.6 Å². The van der Waals surface area contributed by atoms with Crippen molar-refractivity contribution in [2.24, 2.45) is 0 Å². The molecule has 0 spiro atoms. The largest absolute Gasteiger partial charge is 0.348 e. The van der Waals surface area contributed by atoms with Gasteiger partial charge in [0, 0.05) is 6.42 Å². The Hall–Kier alpha value is -0.0800. The molecule has 1 saturated heterocycles. The summed E-state index contributed by atoms with van der Waals surface area (Å²) in [5.74, 6) is -0.285. The summed E-state index contributed by atoms with van der Waals surface area (Å²) in [6, 6.07) is 0. The number of unbranched alkanes of at least 4 members (excludes halogenated alkanes) is 3. The Kier molecular flexibility index (Phi) is 4.20. The number of hydrogen-bond acceptors (Lipinski definition) is 2. The van der Waals surface area contributed by atoms with Crippen LogP contribution in [0.1, 0.15) is 52.9 Å². The molecule has 1 aliphatic rings. The van der Waals surface area contributed by atoms with E-state index in [-0.39, 0.29) is 11.9 Å². The van der Waals surface area contributed by atoms with Crippen molar-refractivity contribution in [2.75, 3.05) is 6.61 Å². The summed E-state index contributed by atoms with van der Waals surface area (Å²) in [4.78, 5) is 0. The third-order valence-corrected chi connectivity index (χ3v) is 2.56. The van der Waals surface area contributed by atoms with E-state index in [0.29, 0.717) is 0 Å². The fourth-order valence-corrected chi connectivity index (χ4v) is 1.79. The Morgan fingerprint density at radius 1 is 1.31 bits per heavy atom. The second-order valence-corrected chi connectivity index (χ2v) is 4.18. The Morgan fingerprint density at radius 2 is 2.08 bits per heavy atom. The molecule has 78 valence electrons. The lowest BCUT2D eigenvalue weighted by atomic mass is 10.1. The molecule has 0 radical (unpaired) electrons. The van der Waals surface area contributed by atoms with Gasteiger partial charge in [0.1, 0.15) is 0 Å². The third-order valence-electron chi connectivity index (χ3n) is 2.56. The molecule has 0 aromatic rings. The van der Waals surface area contributed by atoms with Crippen LogP contribution in [0.25, 0.3) is 0 Å². The van der Waals surface area contributed by atoms with E-state index in [1.165, 1.54) is 25.7 Å². The highest BCUT2D eigenvalue weighted by Crippen LogP contribution is 2.28. The summed E-state index contributed by atoms with van der Waals surface area (Å²) in [5, 5.41) is 0. The van der Waals surface area contributed by atoms with Gasteiger partial charge < -0.3 is 9.47 Å². The Balaban J connectivity index is 2.12. The quantitative estimate of drug-likeness (QED) is 0.614. The number of rotatable bonds is 5. The van der Waals surface area contributed by atoms with Crippen molar-refractivity contribution in [1.82, 2.24) is 0 Å². The van der Waals surface area contributed by atoms with Crippen LogP contribution in [0.15, 0.2) is 0 Å². The van der Waals surface area contributed by atoms with Crippen molar-refractivity contribution in [1.29, 1.82) is 0 Å². The zero-order valence-electron chi connectivity index (χ0n) is 9.14. The van der Waals surface area contributed by atoms with Gasteiger partial charge in [0.25, 0.3) is 0 Å². The van der Waals surface area contributed by atoms with Gasteiger partial charge in [0.15, 0.2) is 5.79 Å². The van der Waals surface area contributed by atoms with Crippen LogP contribution < -0.4 is 0 Å². The molecule has 0 unspecified atom stereocenters. The van der Waals surface area contributed by atoms with Crippen LogP contribution in [-0.2, 0) is 9.47 Å². The number of ether oxygens (including phenoxy) is 2. The molecular weight excluding hydrogens is 164 g/mol. The standard InChI is InChI=1S/C11H22O2/c1-4-5-6-7-8-11(3)12-9-10(2)13-11/h10H,4-9H2,1-3H3/t10-,11-/m0/s1. The number of hydrogen-bond donors (Lipinski definition) is 0. The van der Waals surface area contributed by atoms with Crippen molar-refractivity contribution >= 4 is 0 Å². The smallest absolute Gasteiger partial charge is 0.166 e. The van der Waals surface area contributed by atoms with Crippen molar-refractivity contribution in [3.63, 3.8) is 0 Å². The molecule has 0 aliphatic carbocycles. The van der Waals surface area contributed by atoms with Crippen LogP contribution in [0.4, 0.5) is 0 Å². The van der Waals surface area contributed by atoms with Gasteiger partial charge in [0.2, 0.25) is 0 Å². The van der Waals surface area contributed by atoms with Crippen LogP contribution in [0.5, 0.6) is 0 Å². The molecule has 2 nitrogen and oxygen atoms in total. The molecule has 1 heterocycles. The minimum absolute atomic E-state index is 0.274. The van der Waals surface area contributed by atoms with Gasteiger partial charge in [-0.3, -0.25) is 0 Å². The molecule has 2 heteroatoms. The topological polar surface area (TPSA) is 18.5 Å². The van der Waals surface area contributed by atoms with E-state index >= 15 is 0 Å². The van der Waals surface area contributed by atoms with Crippen LogP contribution >= 0.6 is 0 Å². The van der Waals surface area contributed by atoms with Crippen molar-refractivity contribution in [3.8, 4) is 0 Å². The average Bonchev–Trinajstić information content (AvgIpc) is 2.41. The summed E-state index contributed by atoms with van der Waals surface area (Å²) in [7, 11) is 0. The lowest BCUT2D eigenvalue weighted by Crippen LogP contribution is -2.25. The van der Waals surface area contributed by atoms with Crippen LogP contribution in [0.2, 0.25) is 0 Å². The molecular formula is C11H22O2. The fourth-order valence-electron chi connectivity index (χ4n) is 1.79. The summed E-state index contributed by atoms with van der Waals surface area (Å²) in [6.45, 7) is 7.11. The zero-order chi connectivity index (χ0) is 9.73. The minimum Gasteiger partial charge on any atom is -0.348 e. The predicted molar refractivity (Wildman–Crippen MR) is 53.7 cm³/mol. The molecule has 13 heavy (non-hydrogen) atoms. The molecule has 1 fully saturated rings. The summed E-state index contributed by atoms with van der Waals surface area (Å²) in [6.07, 6.45) is 6.44. The minimum atomic E-state index is -0.285. The second kappa shape index (κ2) is 4.97. The van der Waals surface area contributed by atoms with Gasteiger partial charge in [-0.1, -0.05) is 26.2 Å². The highest BCUT2D eigenvalue weighted by molar-refractivity contribution is 4.72. The summed E-state index contributed by atoms with van der Waals surface area (Å²) >= 11 is 0. The van der Waals surface area contributed by atoms with E-state index in [0.717, 1.165) is 13.0 Å². The lowest BCUT2D eigenvalue weighted by molar-refractivity contribution is -0.157. The zero-order valence-corrected chi connectivity index (χ0v) is 9.14. The highest BCUT2D eigenvalue weighted by Gasteiger charge is 2.34. The van der Waals surface area contributed by atoms with Gasteiger partial charge in [-0.15, -0.1) is 0 Å². The average molecular weight is 186 g/mol. The van der Waals surface area contributed by atoms with Crippen molar-refractivity contribution in [2.45, 2.75) is 64.8 Å². The second-order valence-electron chi connectivity index (χ2n) is 4.18. The predicted octanol–water partition coefficient (Wildman–Crippen LogP) is 3.11. The van der Waals surface area contributed by atoms with Gasteiger partial charge in [-0.25, -0.2) is 0 Å². The monoisotopic (exact) mass is 186 g/mol.